The van der Waals surface area contributed by atoms with Crippen molar-refractivity contribution in [3.63, 3.8) is 0 Å². The second kappa shape index (κ2) is 5.14. The molecule has 2 fully saturated rings. The number of carboxylic acids is 1. The van der Waals surface area contributed by atoms with E-state index in [1.807, 2.05) is 0 Å². The molecule has 2 aliphatic rings. The Labute approximate surface area is 128 Å². The van der Waals surface area contributed by atoms with Gasteiger partial charge >= 0.3 is 5.97 Å². The van der Waals surface area contributed by atoms with Crippen molar-refractivity contribution in [2.45, 2.75) is 15.3 Å². The van der Waals surface area contributed by atoms with Crippen molar-refractivity contribution >= 4 is 35.4 Å². The van der Waals surface area contributed by atoms with Gasteiger partial charge in [0.1, 0.15) is 4.75 Å². The van der Waals surface area contributed by atoms with E-state index in [-0.39, 0.29) is 23.7 Å². The third kappa shape index (κ3) is 2.19. The lowest BCUT2D eigenvalue weighted by Crippen LogP contribution is -2.69. The van der Waals surface area contributed by atoms with Gasteiger partial charge in [0.2, 0.25) is 11.1 Å². The molecule has 1 aromatic rings. The number of hydrogen-bond donors (Lipinski definition) is 2. The van der Waals surface area contributed by atoms with E-state index in [4.69, 9.17) is 5.73 Å². The summed E-state index contributed by atoms with van der Waals surface area (Å²) >= 11 is 2.54. The Morgan fingerprint density at radius 2 is 2.43 bits per heavy atom. The highest BCUT2D eigenvalue weighted by Crippen LogP contribution is 2.47. The molecule has 0 aliphatic carbocycles. The van der Waals surface area contributed by atoms with Crippen LogP contribution in [-0.4, -0.2) is 71.1 Å². The molecule has 11 heteroatoms. The molecular weight excluding hydrogens is 316 g/mol. The van der Waals surface area contributed by atoms with Gasteiger partial charge in [-0.1, -0.05) is 11.8 Å². The highest BCUT2D eigenvalue weighted by Gasteiger charge is 2.57. The summed E-state index contributed by atoms with van der Waals surface area (Å²) in [5.41, 5.74) is 5.58. The topological polar surface area (TPSA) is 127 Å². The fourth-order valence-corrected chi connectivity index (χ4v) is 5.24. The van der Waals surface area contributed by atoms with Gasteiger partial charge in [-0.05, 0) is 10.4 Å². The van der Waals surface area contributed by atoms with Gasteiger partial charge in [-0.25, -0.2) is 4.68 Å². The number of β-lactam (4-membered cyclic amide) rings is 1. The van der Waals surface area contributed by atoms with Crippen LogP contribution in [0, 0.1) is 5.92 Å². The van der Waals surface area contributed by atoms with Crippen molar-refractivity contribution in [2.24, 2.45) is 18.7 Å². The SMILES string of the molecule is Cn1nnnc1SC1(C(=O)O)CS[C@@H]2C(CN)C(=O)N2C1. The first-order valence-corrected chi connectivity index (χ1v) is 8.12. The minimum Gasteiger partial charge on any atom is -0.480 e. The molecule has 0 spiro atoms. The van der Waals surface area contributed by atoms with E-state index >= 15 is 0 Å². The van der Waals surface area contributed by atoms with Gasteiger partial charge in [0, 0.05) is 25.9 Å². The highest BCUT2D eigenvalue weighted by atomic mass is 32.2. The fraction of sp³-hybridized carbons (Fsp3) is 0.700. The summed E-state index contributed by atoms with van der Waals surface area (Å²) in [6, 6.07) is 0. The first kappa shape index (κ1) is 14.6. The zero-order valence-electron chi connectivity index (χ0n) is 11.2. The van der Waals surface area contributed by atoms with E-state index in [0.29, 0.717) is 17.5 Å². The minimum absolute atomic E-state index is 0.00630. The smallest absolute Gasteiger partial charge is 0.322 e. The maximum atomic E-state index is 12.0. The van der Waals surface area contributed by atoms with Crippen LogP contribution in [0.5, 0.6) is 0 Å². The Morgan fingerprint density at radius 1 is 1.67 bits per heavy atom. The van der Waals surface area contributed by atoms with Gasteiger partial charge in [0.05, 0.1) is 11.3 Å². The zero-order chi connectivity index (χ0) is 15.2. The Kier molecular flexibility index (Phi) is 3.58. The lowest BCUT2D eigenvalue weighted by atomic mass is 9.95. The van der Waals surface area contributed by atoms with Crippen LogP contribution >= 0.6 is 23.5 Å². The number of carbonyl (C=O) groups is 2. The molecule has 9 nitrogen and oxygen atoms in total. The number of thioether (sulfide) groups is 2. The van der Waals surface area contributed by atoms with Crippen LogP contribution in [0.2, 0.25) is 0 Å². The number of nitrogens with zero attached hydrogens (tertiary/aromatic N) is 5. The maximum absolute atomic E-state index is 12.0. The van der Waals surface area contributed by atoms with Crippen LogP contribution < -0.4 is 5.73 Å². The van der Waals surface area contributed by atoms with Crippen LogP contribution in [0.3, 0.4) is 0 Å². The van der Waals surface area contributed by atoms with Crippen molar-refractivity contribution in [3.05, 3.63) is 0 Å². The van der Waals surface area contributed by atoms with E-state index < -0.39 is 10.7 Å². The number of amides is 1. The number of carboxylic acid groups (broad SMARTS) is 1. The van der Waals surface area contributed by atoms with Crippen LogP contribution in [0.4, 0.5) is 0 Å². The molecule has 21 heavy (non-hydrogen) atoms. The Morgan fingerprint density at radius 3 is 3.00 bits per heavy atom. The van der Waals surface area contributed by atoms with Gasteiger partial charge in [-0.2, -0.15) is 0 Å². The fourth-order valence-electron chi connectivity index (χ4n) is 2.44. The predicted molar refractivity (Wildman–Crippen MR) is 75.5 cm³/mol. The zero-order valence-corrected chi connectivity index (χ0v) is 12.8. The molecule has 1 amide bonds. The van der Waals surface area contributed by atoms with Crippen molar-refractivity contribution < 1.29 is 14.7 Å². The molecule has 2 unspecified atom stereocenters. The second-order valence-corrected chi connectivity index (χ2v) is 7.45. The van der Waals surface area contributed by atoms with Gasteiger partial charge in [-0.15, -0.1) is 16.9 Å². The summed E-state index contributed by atoms with van der Waals surface area (Å²) in [4.78, 5) is 25.4. The molecule has 0 bridgehead atoms. The summed E-state index contributed by atoms with van der Waals surface area (Å²) in [5, 5.41) is 21.1. The molecule has 0 aromatic carbocycles. The molecule has 0 radical (unpaired) electrons. The van der Waals surface area contributed by atoms with E-state index in [2.05, 4.69) is 15.5 Å². The molecule has 3 N–H and O–H groups in total. The predicted octanol–water partition coefficient (Wildman–Crippen LogP) is -1.38. The maximum Gasteiger partial charge on any atom is 0.322 e. The van der Waals surface area contributed by atoms with Crippen molar-refractivity contribution in [3.8, 4) is 0 Å². The standard InChI is InChI=1S/C10H14N6O3S2/c1-15-9(12-13-14-15)21-10(8(18)19)3-16-6(17)5(2-11)7(16)20-4-10/h5,7H,2-4,11H2,1H3,(H,18,19)/t5?,7-,10?/m1/s1. The summed E-state index contributed by atoms with van der Waals surface area (Å²) in [5.74, 6) is -0.851. The number of nitrogens with two attached hydrogens (primary N) is 1. The first-order chi connectivity index (χ1) is 9.98. The number of aliphatic carboxylic acids is 1. The molecule has 1 aromatic heterocycles. The molecule has 3 heterocycles. The second-order valence-electron chi connectivity index (χ2n) is 5.00. The van der Waals surface area contributed by atoms with Crippen molar-refractivity contribution in [1.82, 2.24) is 25.1 Å². The number of rotatable bonds is 4. The Hall–Kier alpha value is -1.33. The minimum atomic E-state index is -1.14. The summed E-state index contributed by atoms with van der Waals surface area (Å²) in [7, 11) is 1.65. The average molecular weight is 330 g/mol. The normalized spacial score (nSPS) is 31.7. The van der Waals surface area contributed by atoms with E-state index in [1.54, 1.807) is 11.9 Å². The van der Waals surface area contributed by atoms with E-state index in [0.717, 1.165) is 11.8 Å². The number of aryl methyl sites for hydroxylation is 1. The number of hydrogen-bond acceptors (Lipinski definition) is 8. The largest absolute Gasteiger partial charge is 0.480 e. The van der Waals surface area contributed by atoms with Gasteiger partial charge < -0.3 is 15.7 Å². The lowest BCUT2D eigenvalue weighted by Gasteiger charge is -2.53. The third-order valence-electron chi connectivity index (χ3n) is 3.68. The monoisotopic (exact) mass is 330 g/mol. The van der Waals surface area contributed by atoms with Crippen LogP contribution in [0.15, 0.2) is 5.16 Å². The molecule has 2 aliphatic heterocycles. The van der Waals surface area contributed by atoms with Crippen molar-refractivity contribution in [2.75, 3.05) is 18.8 Å². The van der Waals surface area contributed by atoms with Gasteiger partial charge in [-0.3, -0.25) is 9.59 Å². The Balaban J connectivity index is 1.82. The number of tetrazole rings is 1. The average Bonchev–Trinajstić information content (AvgIpc) is 2.85. The molecule has 3 atom stereocenters. The van der Waals surface area contributed by atoms with E-state index in [1.165, 1.54) is 16.4 Å². The van der Waals surface area contributed by atoms with Crippen LogP contribution in [-0.2, 0) is 16.6 Å². The van der Waals surface area contributed by atoms with Crippen LogP contribution in [0.25, 0.3) is 0 Å². The lowest BCUT2D eigenvalue weighted by molar-refractivity contribution is -0.153. The number of aromatic nitrogens is 4. The first-order valence-electron chi connectivity index (χ1n) is 6.25. The summed E-state index contributed by atoms with van der Waals surface area (Å²) in [6.45, 7) is 0.445. The number of carbonyl (C=O) groups excluding carboxylic acids is 1. The molecule has 114 valence electrons. The van der Waals surface area contributed by atoms with E-state index in [9.17, 15) is 14.7 Å². The molecular formula is C10H14N6O3S2. The quantitative estimate of drug-likeness (QED) is 0.642. The van der Waals surface area contributed by atoms with Crippen LogP contribution in [0.1, 0.15) is 0 Å². The van der Waals surface area contributed by atoms with Gasteiger partial charge in [0.25, 0.3) is 0 Å². The summed E-state index contributed by atoms with van der Waals surface area (Å²) < 4.78 is 0.283. The highest BCUT2D eigenvalue weighted by molar-refractivity contribution is 8.04. The molecule has 2 saturated heterocycles. The number of fused-ring (bicyclic) bond motifs is 1. The Bertz CT molecular complexity index is 595. The van der Waals surface area contributed by atoms with Crippen molar-refractivity contribution in [1.29, 1.82) is 0 Å². The molecule has 0 saturated carbocycles. The van der Waals surface area contributed by atoms with Gasteiger partial charge in [0.15, 0.2) is 0 Å². The summed E-state index contributed by atoms with van der Waals surface area (Å²) in [6.07, 6.45) is 0. The third-order valence-corrected chi connectivity index (χ3v) is 6.81. The molecule has 3 rings (SSSR count).